The summed E-state index contributed by atoms with van der Waals surface area (Å²) in [5.41, 5.74) is 1.87. The van der Waals surface area contributed by atoms with Crippen molar-refractivity contribution in [2.45, 2.75) is 104 Å². The van der Waals surface area contributed by atoms with E-state index in [1.165, 1.54) is 6.08 Å². The number of hydrogen-bond acceptors (Lipinski definition) is 9. The summed E-state index contributed by atoms with van der Waals surface area (Å²) in [7, 11) is 1.55. The number of cyclic esters (lactones) is 1. The molecule has 1 aliphatic heterocycles. The van der Waals surface area contributed by atoms with Crippen molar-refractivity contribution in [3.63, 3.8) is 0 Å². The van der Waals surface area contributed by atoms with Gasteiger partial charge in [0.25, 0.3) is 5.91 Å². The Morgan fingerprint density at radius 3 is 2.18 bits per heavy atom. The number of amides is 1. The van der Waals surface area contributed by atoms with Crippen molar-refractivity contribution >= 4 is 17.8 Å². The van der Waals surface area contributed by atoms with Gasteiger partial charge in [-0.1, -0.05) is 151 Å². The van der Waals surface area contributed by atoms with Crippen molar-refractivity contribution in [2.24, 2.45) is 35.5 Å². The van der Waals surface area contributed by atoms with Crippen LogP contribution in [0.25, 0.3) is 0 Å². The number of ether oxygens (including phenoxy) is 3. The molecule has 326 valence electrons. The van der Waals surface area contributed by atoms with Crippen LogP contribution < -0.4 is 5.32 Å². The molecule has 10 nitrogen and oxygen atoms in total. The van der Waals surface area contributed by atoms with Crippen molar-refractivity contribution in [1.29, 1.82) is 0 Å². The number of nitrogens with one attached hydrogen (secondary N) is 1. The van der Waals surface area contributed by atoms with E-state index in [2.05, 4.69) is 11.9 Å². The third kappa shape index (κ3) is 15.3. The number of aliphatic hydroxyl groups excluding tert-OH is 3. The first-order chi connectivity index (χ1) is 28.6. The van der Waals surface area contributed by atoms with Crippen molar-refractivity contribution < 1.29 is 43.9 Å². The van der Waals surface area contributed by atoms with E-state index >= 15 is 0 Å². The maximum atomic E-state index is 13.9. The van der Waals surface area contributed by atoms with Crippen LogP contribution in [0.15, 0.2) is 134 Å². The zero-order chi connectivity index (χ0) is 44.4. The number of allylic oxidation sites excluding steroid dienone is 5. The van der Waals surface area contributed by atoms with E-state index in [1.54, 1.807) is 104 Å². The highest BCUT2D eigenvalue weighted by Gasteiger charge is 2.35. The van der Waals surface area contributed by atoms with Crippen LogP contribution in [0.4, 0.5) is 0 Å². The van der Waals surface area contributed by atoms with Gasteiger partial charge < -0.3 is 34.8 Å². The van der Waals surface area contributed by atoms with Crippen LogP contribution in [-0.2, 0) is 23.8 Å². The Balaban J connectivity index is 1.98. The van der Waals surface area contributed by atoms with Gasteiger partial charge in [0.2, 0.25) is 0 Å². The number of aliphatic hydroxyl groups is 3. The molecule has 0 saturated carbocycles. The Hall–Kier alpha value is -4.87. The van der Waals surface area contributed by atoms with Gasteiger partial charge in [-0.2, -0.15) is 0 Å². The van der Waals surface area contributed by atoms with Gasteiger partial charge in [-0.3, -0.25) is 4.79 Å². The minimum absolute atomic E-state index is 0.180. The molecule has 2 aromatic carbocycles. The predicted molar refractivity (Wildman–Crippen MR) is 236 cm³/mol. The quantitative estimate of drug-likeness (QED) is 0.106. The van der Waals surface area contributed by atoms with E-state index in [0.717, 1.165) is 5.57 Å². The normalized spacial score (nSPS) is 31.6. The van der Waals surface area contributed by atoms with Crippen LogP contribution in [0.2, 0.25) is 0 Å². The summed E-state index contributed by atoms with van der Waals surface area (Å²) in [6, 6.07) is 16.1. The fourth-order valence-electron chi connectivity index (χ4n) is 7.67. The van der Waals surface area contributed by atoms with Crippen LogP contribution >= 0.6 is 0 Å². The first-order valence-corrected chi connectivity index (χ1v) is 21.0. The summed E-state index contributed by atoms with van der Waals surface area (Å²) in [5.74, 6) is -3.63. The van der Waals surface area contributed by atoms with Gasteiger partial charge in [0.1, 0.15) is 12.2 Å². The van der Waals surface area contributed by atoms with Crippen molar-refractivity contribution in [2.75, 3.05) is 7.11 Å². The molecular weight excluding hydrogens is 759 g/mol. The molecule has 0 fully saturated rings. The lowest BCUT2D eigenvalue weighted by Crippen LogP contribution is -2.42. The topological polar surface area (TPSA) is 152 Å². The maximum Gasteiger partial charge on any atom is 0.338 e. The van der Waals surface area contributed by atoms with Crippen LogP contribution in [-0.4, -0.2) is 76.9 Å². The summed E-state index contributed by atoms with van der Waals surface area (Å²) in [4.78, 5) is 40.3. The SMILES string of the molecule is C=C/C=C\[C@H](C)[C@@H]1OC(=O)/C=C\C=C\[C@@H](C)[C@@H](OC)C[C@H](OC(=O)[C@H](O)[C@@H](NC(=O)c2ccccc2)c2ccccc2)/C=C\[C@H](C)[C@H](O)[C@@H](C)/C=C(/C)C[C@H](C)[C@@H](O)[C@@H]1C. The van der Waals surface area contributed by atoms with Crippen LogP contribution in [0.3, 0.4) is 0 Å². The molecule has 0 spiro atoms. The number of hydrogen-bond donors (Lipinski definition) is 4. The highest BCUT2D eigenvalue weighted by atomic mass is 16.6. The summed E-state index contributed by atoms with van der Waals surface area (Å²) in [6.07, 6.45) is 12.7. The minimum Gasteiger partial charge on any atom is -0.458 e. The Labute approximate surface area is 357 Å². The van der Waals surface area contributed by atoms with E-state index in [-0.39, 0.29) is 41.9 Å². The van der Waals surface area contributed by atoms with Crippen LogP contribution in [0.1, 0.15) is 83.3 Å². The molecule has 0 saturated heterocycles. The molecule has 0 bridgehead atoms. The average Bonchev–Trinajstić information content (AvgIpc) is 3.24. The number of benzene rings is 2. The van der Waals surface area contributed by atoms with E-state index < -0.39 is 60.5 Å². The fraction of sp³-hybridized carbons (Fsp3) is 0.460. The zero-order valence-corrected chi connectivity index (χ0v) is 36.5. The minimum atomic E-state index is -1.77. The van der Waals surface area contributed by atoms with Gasteiger partial charge in [0, 0.05) is 54.8 Å². The van der Waals surface area contributed by atoms with Gasteiger partial charge in [-0.05, 0) is 43.0 Å². The molecular formula is C50H67NO9. The van der Waals surface area contributed by atoms with E-state index in [9.17, 15) is 29.7 Å². The first kappa shape index (κ1) is 49.5. The van der Waals surface area contributed by atoms with Gasteiger partial charge >= 0.3 is 11.9 Å². The Morgan fingerprint density at radius 2 is 1.55 bits per heavy atom. The number of carbonyl (C=O) groups is 3. The van der Waals surface area contributed by atoms with Crippen LogP contribution in [0, 0.1) is 35.5 Å². The lowest BCUT2D eigenvalue weighted by molar-refractivity contribution is -0.160. The third-order valence-corrected chi connectivity index (χ3v) is 11.3. The summed E-state index contributed by atoms with van der Waals surface area (Å²) >= 11 is 0. The van der Waals surface area contributed by atoms with Gasteiger partial charge in [0.05, 0.1) is 24.4 Å². The predicted octanol–water partition coefficient (Wildman–Crippen LogP) is 8.05. The Kier molecular flexibility index (Phi) is 20.6. The third-order valence-electron chi connectivity index (χ3n) is 11.3. The molecule has 1 aliphatic rings. The largest absolute Gasteiger partial charge is 0.458 e. The number of carbonyl (C=O) groups excluding carboxylic acids is 3. The molecule has 1 amide bonds. The van der Waals surface area contributed by atoms with E-state index in [1.807, 2.05) is 66.7 Å². The Bertz CT molecular complexity index is 1800. The second-order valence-corrected chi connectivity index (χ2v) is 16.3. The van der Waals surface area contributed by atoms with Gasteiger partial charge in [-0.15, -0.1) is 0 Å². The molecule has 60 heavy (non-hydrogen) atoms. The summed E-state index contributed by atoms with van der Waals surface area (Å²) in [5, 5.41) is 37.3. The second kappa shape index (κ2) is 25.0. The smallest absolute Gasteiger partial charge is 0.338 e. The Morgan fingerprint density at radius 1 is 0.900 bits per heavy atom. The summed E-state index contributed by atoms with van der Waals surface area (Å²) in [6.45, 7) is 17.2. The highest BCUT2D eigenvalue weighted by molar-refractivity contribution is 5.95. The lowest BCUT2D eigenvalue weighted by atomic mass is 9.81. The molecule has 0 radical (unpaired) electrons. The maximum absolute atomic E-state index is 13.9. The van der Waals surface area contributed by atoms with Crippen LogP contribution in [0.5, 0.6) is 0 Å². The van der Waals surface area contributed by atoms with Crippen molar-refractivity contribution in [3.8, 4) is 0 Å². The van der Waals surface area contributed by atoms with E-state index in [0.29, 0.717) is 17.5 Å². The molecule has 10 heteroatoms. The molecule has 0 aliphatic carbocycles. The zero-order valence-electron chi connectivity index (χ0n) is 36.5. The molecule has 2 aromatic rings. The van der Waals surface area contributed by atoms with E-state index in [4.69, 9.17) is 14.2 Å². The van der Waals surface area contributed by atoms with Crippen molar-refractivity contribution in [1.82, 2.24) is 5.32 Å². The molecule has 1 heterocycles. The van der Waals surface area contributed by atoms with Gasteiger partial charge in [-0.25, -0.2) is 9.59 Å². The molecule has 13 atom stereocenters. The second-order valence-electron chi connectivity index (χ2n) is 16.3. The standard InChI is InChI=1S/C50H67NO9/c1-10-11-20-35(5)48-38(8)46(54)37(7)30-32(2)29-36(6)45(53)34(4)27-28-41(31-42(58-9)33(3)21-18-19-26-43(52)60-48)59-50(57)47(55)44(39-22-14-12-15-23-39)51-49(56)40-24-16-13-17-25-40/h10-29,33-38,41-42,44-48,53-55H,1,30-31H2,2-9H3,(H,51,56)/b20-11-,21-18+,26-19-,28-27-,32-29-/t33-,34+,35+,36+,37+,38+,41-,42+,44+,45+,46-,47-,48+/m1/s1. The van der Waals surface area contributed by atoms with Gasteiger partial charge in [0.15, 0.2) is 6.10 Å². The highest BCUT2D eigenvalue weighted by Crippen LogP contribution is 2.30. The lowest BCUT2D eigenvalue weighted by Gasteiger charge is -2.33. The number of esters is 2. The average molecular weight is 826 g/mol. The fourth-order valence-corrected chi connectivity index (χ4v) is 7.67. The monoisotopic (exact) mass is 825 g/mol. The van der Waals surface area contributed by atoms with Crippen molar-refractivity contribution in [3.05, 3.63) is 145 Å². The number of rotatable bonds is 10. The summed E-state index contributed by atoms with van der Waals surface area (Å²) < 4.78 is 17.9. The molecule has 0 unspecified atom stereocenters. The molecule has 0 aromatic heterocycles. The molecule has 3 rings (SSSR count). The number of methoxy groups -OCH3 is 1. The first-order valence-electron chi connectivity index (χ1n) is 21.0. The molecule has 4 N–H and O–H groups in total.